The molecule has 0 aliphatic carbocycles. The second kappa shape index (κ2) is 7.86. The van der Waals surface area contributed by atoms with E-state index in [1.807, 2.05) is 30.3 Å². The Bertz CT molecular complexity index is 800. The van der Waals surface area contributed by atoms with Crippen molar-refractivity contribution in [2.75, 3.05) is 16.9 Å². The Kier molecular flexibility index (Phi) is 5.36. The first-order valence-corrected chi connectivity index (χ1v) is 9.05. The second-order valence-electron chi connectivity index (χ2n) is 5.68. The maximum atomic E-state index is 12.6. The molecule has 2 aromatic rings. The molecule has 3 rings (SSSR count). The monoisotopic (exact) mass is 351 g/mol. The van der Waals surface area contributed by atoms with Crippen LogP contribution in [0.1, 0.15) is 15.9 Å². The third-order valence-electron chi connectivity index (χ3n) is 3.97. The van der Waals surface area contributed by atoms with E-state index in [1.165, 1.54) is 0 Å². The van der Waals surface area contributed by atoms with Gasteiger partial charge >= 0.3 is 0 Å². The fourth-order valence-corrected chi connectivity index (χ4v) is 3.78. The van der Waals surface area contributed by atoms with Crippen molar-refractivity contribution in [3.8, 4) is 6.07 Å². The molecule has 2 amide bonds. The summed E-state index contributed by atoms with van der Waals surface area (Å²) < 4.78 is 0. The number of amides is 2. The Morgan fingerprint density at radius 2 is 1.88 bits per heavy atom. The normalized spacial score (nSPS) is 16.3. The number of hydrogen-bond acceptors (Lipinski definition) is 4. The third kappa shape index (κ3) is 4.01. The number of benzene rings is 2. The number of rotatable bonds is 4. The zero-order chi connectivity index (χ0) is 17.6. The zero-order valence-corrected chi connectivity index (χ0v) is 14.3. The predicted octanol–water partition coefficient (Wildman–Crippen LogP) is 2.91. The minimum Gasteiger partial charge on any atom is -0.324 e. The number of nitrogens with one attached hydrogen (secondary N) is 1. The van der Waals surface area contributed by atoms with E-state index in [0.29, 0.717) is 29.3 Å². The molecular weight excluding hydrogens is 334 g/mol. The van der Waals surface area contributed by atoms with Crippen LogP contribution in [0.15, 0.2) is 54.6 Å². The first-order chi connectivity index (χ1) is 12.2. The van der Waals surface area contributed by atoms with Gasteiger partial charge in [-0.05, 0) is 29.8 Å². The molecule has 5 nitrogen and oxygen atoms in total. The molecule has 0 aromatic heterocycles. The average Bonchev–Trinajstić information content (AvgIpc) is 3.13. The molecule has 0 bridgehead atoms. The summed E-state index contributed by atoms with van der Waals surface area (Å²) in [6.45, 7) is 0. The van der Waals surface area contributed by atoms with Crippen molar-refractivity contribution in [3.63, 3.8) is 0 Å². The number of thioether (sulfide) groups is 1. The van der Waals surface area contributed by atoms with Gasteiger partial charge < -0.3 is 10.2 Å². The lowest BCUT2D eigenvalue weighted by Crippen LogP contribution is -2.44. The smallest absolute Gasteiger partial charge is 0.255 e. The number of carbonyl (C=O) groups excluding carboxylic acids is 2. The maximum absolute atomic E-state index is 12.6. The summed E-state index contributed by atoms with van der Waals surface area (Å²) in [5, 5.41) is 11.6. The predicted molar refractivity (Wildman–Crippen MR) is 98.1 cm³/mol. The Morgan fingerprint density at radius 3 is 2.56 bits per heavy atom. The SMILES string of the molecule is N#CCc1ccc(NC(=O)[C@@H]2CSCN2C(=O)c2ccccc2)cc1. The molecule has 1 fully saturated rings. The highest BCUT2D eigenvalue weighted by Gasteiger charge is 2.35. The van der Waals surface area contributed by atoms with Gasteiger partial charge in [0.1, 0.15) is 6.04 Å². The highest BCUT2D eigenvalue weighted by Crippen LogP contribution is 2.24. The number of carbonyl (C=O) groups is 2. The largest absolute Gasteiger partial charge is 0.324 e. The minimum absolute atomic E-state index is 0.130. The minimum atomic E-state index is -0.489. The molecule has 126 valence electrons. The van der Waals surface area contributed by atoms with E-state index in [4.69, 9.17) is 5.26 Å². The van der Waals surface area contributed by atoms with E-state index in [0.717, 1.165) is 5.56 Å². The van der Waals surface area contributed by atoms with Crippen LogP contribution in [0, 0.1) is 11.3 Å². The number of nitrogens with zero attached hydrogens (tertiary/aromatic N) is 2. The van der Waals surface area contributed by atoms with Gasteiger partial charge in [0.2, 0.25) is 5.91 Å². The fraction of sp³-hybridized carbons (Fsp3) is 0.211. The van der Waals surface area contributed by atoms with E-state index in [1.54, 1.807) is 40.9 Å². The van der Waals surface area contributed by atoms with E-state index < -0.39 is 6.04 Å². The van der Waals surface area contributed by atoms with E-state index in [9.17, 15) is 9.59 Å². The van der Waals surface area contributed by atoms with Gasteiger partial charge in [-0.1, -0.05) is 30.3 Å². The summed E-state index contributed by atoms with van der Waals surface area (Å²) in [6, 6.07) is 17.8. The van der Waals surface area contributed by atoms with Crippen molar-refractivity contribution >= 4 is 29.3 Å². The average molecular weight is 351 g/mol. The number of hydrogen-bond donors (Lipinski definition) is 1. The molecule has 1 atom stereocenters. The van der Waals surface area contributed by atoms with Gasteiger partial charge in [0, 0.05) is 17.0 Å². The summed E-state index contributed by atoms with van der Waals surface area (Å²) in [4.78, 5) is 26.8. The first kappa shape index (κ1) is 17.1. The van der Waals surface area contributed by atoms with Crippen LogP contribution >= 0.6 is 11.8 Å². The summed E-state index contributed by atoms with van der Waals surface area (Å²) in [7, 11) is 0. The summed E-state index contributed by atoms with van der Waals surface area (Å²) in [5.41, 5.74) is 2.15. The van der Waals surface area contributed by atoms with E-state index in [2.05, 4.69) is 11.4 Å². The van der Waals surface area contributed by atoms with Crippen LogP contribution in [-0.4, -0.2) is 34.4 Å². The molecule has 25 heavy (non-hydrogen) atoms. The van der Waals surface area contributed by atoms with Crippen LogP contribution in [0.3, 0.4) is 0 Å². The molecular formula is C19H17N3O2S. The summed E-state index contributed by atoms with van der Waals surface area (Å²) in [5.74, 6) is 0.765. The van der Waals surface area contributed by atoms with Gasteiger partial charge in [-0.15, -0.1) is 11.8 Å². The van der Waals surface area contributed by atoms with Crippen LogP contribution in [0.25, 0.3) is 0 Å². The van der Waals surface area contributed by atoms with Gasteiger partial charge in [0.25, 0.3) is 5.91 Å². The Morgan fingerprint density at radius 1 is 1.16 bits per heavy atom. The van der Waals surface area contributed by atoms with Gasteiger partial charge in [-0.25, -0.2) is 0 Å². The molecule has 1 heterocycles. The molecule has 0 unspecified atom stereocenters. The number of anilines is 1. The van der Waals surface area contributed by atoms with E-state index in [-0.39, 0.29) is 11.8 Å². The quantitative estimate of drug-likeness (QED) is 0.919. The van der Waals surface area contributed by atoms with Crippen molar-refractivity contribution in [1.82, 2.24) is 4.90 Å². The molecule has 1 aliphatic rings. The van der Waals surface area contributed by atoms with Gasteiger partial charge in [-0.3, -0.25) is 9.59 Å². The van der Waals surface area contributed by atoms with Crippen LogP contribution in [0.5, 0.6) is 0 Å². The van der Waals surface area contributed by atoms with Gasteiger partial charge in [0.15, 0.2) is 0 Å². The maximum Gasteiger partial charge on any atom is 0.255 e. The Hall–Kier alpha value is -2.78. The van der Waals surface area contributed by atoms with Gasteiger partial charge in [-0.2, -0.15) is 5.26 Å². The highest BCUT2D eigenvalue weighted by molar-refractivity contribution is 7.99. The highest BCUT2D eigenvalue weighted by atomic mass is 32.2. The van der Waals surface area contributed by atoms with Crippen molar-refractivity contribution in [2.24, 2.45) is 0 Å². The lowest BCUT2D eigenvalue weighted by Gasteiger charge is -2.23. The van der Waals surface area contributed by atoms with E-state index >= 15 is 0 Å². The molecule has 1 aliphatic heterocycles. The zero-order valence-electron chi connectivity index (χ0n) is 13.5. The molecule has 1 saturated heterocycles. The summed E-state index contributed by atoms with van der Waals surface area (Å²) >= 11 is 1.57. The molecule has 2 aromatic carbocycles. The van der Waals surface area contributed by atoms with Crippen LogP contribution in [0.2, 0.25) is 0 Å². The van der Waals surface area contributed by atoms with Crippen LogP contribution in [-0.2, 0) is 11.2 Å². The topological polar surface area (TPSA) is 73.2 Å². The molecule has 0 spiro atoms. The van der Waals surface area contributed by atoms with Crippen molar-refractivity contribution in [2.45, 2.75) is 12.5 Å². The molecule has 1 N–H and O–H groups in total. The lowest BCUT2D eigenvalue weighted by atomic mass is 10.1. The Balaban J connectivity index is 1.68. The molecule has 6 heteroatoms. The summed E-state index contributed by atoms with van der Waals surface area (Å²) in [6.07, 6.45) is 0.340. The second-order valence-corrected chi connectivity index (χ2v) is 6.68. The van der Waals surface area contributed by atoms with Gasteiger partial charge in [0.05, 0.1) is 18.4 Å². The Labute approximate surface area is 150 Å². The van der Waals surface area contributed by atoms with Crippen molar-refractivity contribution in [3.05, 3.63) is 65.7 Å². The molecule has 0 saturated carbocycles. The third-order valence-corrected chi connectivity index (χ3v) is 4.98. The van der Waals surface area contributed by atoms with Crippen molar-refractivity contribution < 1.29 is 9.59 Å². The van der Waals surface area contributed by atoms with Crippen LogP contribution in [0.4, 0.5) is 5.69 Å². The van der Waals surface area contributed by atoms with Crippen LogP contribution < -0.4 is 5.32 Å². The molecule has 0 radical (unpaired) electrons. The lowest BCUT2D eigenvalue weighted by molar-refractivity contribution is -0.119. The first-order valence-electron chi connectivity index (χ1n) is 7.89. The van der Waals surface area contributed by atoms with Crippen molar-refractivity contribution in [1.29, 1.82) is 5.26 Å². The number of nitriles is 1. The fourth-order valence-electron chi connectivity index (χ4n) is 2.63. The standard InChI is InChI=1S/C19H17N3O2S/c20-11-10-14-6-8-16(9-7-14)21-18(23)17-12-25-13-22(17)19(24)15-4-2-1-3-5-15/h1-9,17H,10,12-13H2,(H,21,23)/t17-/m0/s1.